The molecular weight excluding hydrogens is 127 g/mol. The monoisotopic (exact) mass is 129 g/mol. The van der Waals surface area contributed by atoms with E-state index in [2.05, 4.69) is 22.6 Å². The minimum atomic E-state index is -0.579. The van der Waals surface area contributed by atoms with Gasteiger partial charge in [0.15, 0.2) is 0 Å². The van der Waals surface area contributed by atoms with E-state index < -0.39 is 5.95 Å². The first-order chi connectivity index (χ1) is 3.79. The first kappa shape index (κ1) is 5.37. The predicted molar refractivity (Wildman–Crippen MR) is 27.8 cm³/mol. The van der Waals surface area contributed by atoms with Gasteiger partial charge in [0.05, 0.1) is 0 Å². The lowest BCUT2D eigenvalue weighted by molar-refractivity contribution is 0.563. The standard InChI is InChI=1S/C4H2FN2S/c5-3-1-2-6-4(8)7-3/h1-2H. The maximum Gasteiger partial charge on any atom is 0.221 e. The van der Waals surface area contributed by atoms with E-state index in [1.54, 1.807) is 0 Å². The van der Waals surface area contributed by atoms with Crippen LogP contribution in [0.3, 0.4) is 0 Å². The van der Waals surface area contributed by atoms with Crippen molar-refractivity contribution in [2.75, 3.05) is 0 Å². The van der Waals surface area contributed by atoms with E-state index in [4.69, 9.17) is 0 Å². The number of hydrogen-bond acceptors (Lipinski definition) is 2. The molecule has 1 aromatic rings. The van der Waals surface area contributed by atoms with Gasteiger partial charge in [-0.25, -0.2) is 4.98 Å². The number of hydrogen-bond donors (Lipinski definition) is 0. The van der Waals surface area contributed by atoms with Crippen LogP contribution in [0.1, 0.15) is 0 Å². The van der Waals surface area contributed by atoms with Crippen LogP contribution in [-0.2, 0) is 0 Å². The molecule has 0 unspecified atom stereocenters. The van der Waals surface area contributed by atoms with Crippen molar-refractivity contribution in [3.05, 3.63) is 18.2 Å². The fourth-order valence-corrected chi connectivity index (χ4v) is 0.468. The highest BCUT2D eigenvalue weighted by Crippen LogP contribution is 1.95. The van der Waals surface area contributed by atoms with E-state index in [-0.39, 0.29) is 5.16 Å². The lowest BCUT2D eigenvalue weighted by Crippen LogP contribution is -1.84. The summed E-state index contributed by atoms with van der Waals surface area (Å²) in [5.41, 5.74) is 0. The van der Waals surface area contributed by atoms with Crippen molar-refractivity contribution in [2.24, 2.45) is 0 Å². The van der Waals surface area contributed by atoms with Crippen molar-refractivity contribution in [2.45, 2.75) is 5.16 Å². The summed E-state index contributed by atoms with van der Waals surface area (Å²) in [5.74, 6) is -0.579. The highest BCUT2D eigenvalue weighted by molar-refractivity contribution is 7.80. The average Bonchev–Trinajstić information content (AvgIpc) is 1.64. The van der Waals surface area contributed by atoms with Crippen molar-refractivity contribution < 1.29 is 4.39 Å². The molecule has 0 saturated carbocycles. The maximum atomic E-state index is 11.9. The van der Waals surface area contributed by atoms with Gasteiger partial charge in [0.1, 0.15) is 0 Å². The summed E-state index contributed by atoms with van der Waals surface area (Å²) in [6.45, 7) is 0. The zero-order valence-electron chi connectivity index (χ0n) is 3.84. The summed E-state index contributed by atoms with van der Waals surface area (Å²) >= 11 is 4.44. The van der Waals surface area contributed by atoms with Crippen molar-refractivity contribution >= 4 is 12.6 Å². The molecule has 0 saturated heterocycles. The molecule has 0 N–H and O–H groups in total. The second-order valence-electron chi connectivity index (χ2n) is 1.16. The van der Waals surface area contributed by atoms with Crippen LogP contribution in [0.15, 0.2) is 17.4 Å². The first-order valence-electron chi connectivity index (χ1n) is 1.94. The molecule has 0 aromatic carbocycles. The molecule has 0 spiro atoms. The molecule has 1 radical (unpaired) electrons. The number of aromatic nitrogens is 2. The molecule has 2 nitrogen and oxygen atoms in total. The predicted octanol–water partition coefficient (Wildman–Crippen LogP) is 1.17. The Morgan fingerprint density at radius 2 is 2.38 bits per heavy atom. The second-order valence-corrected chi connectivity index (χ2v) is 1.53. The van der Waals surface area contributed by atoms with Crippen LogP contribution in [0.2, 0.25) is 0 Å². The van der Waals surface area contributed by atoms with Crippen molar-refractivity contribution in [3.63, 3.8) is 0 Å². The molecule has 0 aliphatic carbocycles. The van der Waals surface area contributed by atoms with Gasteiger partial charge in [0, 0.05) is 12.3 Å². The van der Waals surface area contributed by atoms with Gasteiger partial charge < -0.3 is 0 Å². The van der Waals surface area contributed by atoms with Gasteiger partial charge in [0.2, 0.25) is 11.1 Å². The number of rotatable bonds is 0. The van der Waals surface area contributed by atoms with Crippen molar-refractivity contribution in [1.82, 2.24) is 9.97 Å². The first-order valence-corrected chi connectivity index (χ1v) is 2.35. The maximum absolute atomic E-state index is 11.9. The third-order valence-electron chi connectivity index (χ3n) is 0.599. The van der Waals surface area contributed by atoms with Gasteiger partial charge in [0.25, 0.3) is 0 Å². The Kier molecular flexibility index (Phi) is 1.34. The molecule has 1 rings (SSSR count). The number of nitrogens with zero attached hydrogens (tertiary/aromatic N) is 2. The molecule has 0 fully saturated rings. The lowest BCUT2D eigenvalue weighted by Gasteiger charge is -1.83. The van der Waals surface area contributed by atoms with Gasteiger partial charge in [-0.2, -0.15) is 9.37 Å². The zero-order chi connectivity index (χ0) is 5.98. The summed E-state index contributed by atoms with van der Waals surface area (Å²) < 4.78 is 11.9. The van der Waals surface area contributed by atoms with E-state index in [0.717, 1.165) is 6.07 Å². The highest BCUT2D eigenvalue weighted by atomic mass is 32.1. The molecule has 1 aromatic heterocycles. The minimum absolute atomic E-state index is 0.0463. The fourth-order valence-electron chi connectivity index (χ4n) is 0.320. The van der Waals surface area contributed by atoms with Crippen LogP contribution < -0.4 is 0 Å². The molecule has 0 aliphatic rings. The van der Waals surface area contributed by atoms with E-state index in [0.29, 0.717) is 0 Å². The van der Waals surface area contributed by atoms with E-state index in [1.807, 2.05) is 0 Å². The van der Waals surface area contributed by atoms with Gasteiger partial charge in [-0.1, -0.05) is 0 Å². The fraction of sp³-hybridized carbons (Fsp3) is 0. The van der Waals surface area contributed by atoms with E-state index in [9.17, 15) is 4.39 Å². The van der Waals surface area contributed by atoms with Gasteiger partial charge in [-0.05, 0) is 12.6 Å². The van der Waals surface area contributed by atoms with E-state index >= 15 is 0 Å². The van der Waals surface area contributed by atoms with Crippen LogP contribution in [0.4, 0.5) is 4.39 Å². The molecule has 41 valence electrons. The third-order valence-corrected chi connectivity index (χ3v) is 0.796. The zero-order valence-corrected chi connectivity index (χ0v) is 4.65. The Bertz CT molecular complexity index is 174. The molecule has 0 bridgehead atoms. The summed E-state index contributed by atoms with van der Waals surface area (Å²) in [7, 11) is 0. The normalized spacial score (nSPS) is 9.12. The Labute approximate surface area is 51.2 Å². The average molecular weight is 129 g/mol. The Balaban J connectivity index is 3.08. The summed E-state index contributed by atoms with van der Waals surface area (Å²) in [6.07, 6.45) is 1.28. The molecule has 0 amide bonds. The van der Waals surface area contributed by atoms with E-state index in [1.165, 1.54) is 6.20 Å². The van der Waals surface area contributed by atoms with Gasteiger partial charge >= 0.3 is 0 Å². The third kappa shape index (κ3) is 1.10. The largest absolute Gasteiger partial charge is 0.227 e. The Hall–Kier alpha value is -0.770. The minimum Gasteiger partial charge on any atom is -0.227 e. The molecule has 8 heavy (non-hydrogen) atoms. The molecule has 0 atom stereocenters. The summed E-state index contributed by atoms with van der Waals surface area (Å²) in [4.78, 5) is 6.71. The Morgan fingerprint density at radius 3 is 2.75 bits per heavy atom. The van der Waals surface area contributed by atoms with Crippen molar-refractivity contribution in [3.8, 4) is 0 Å². The highest BCUT2D eigenvalue weighted by Gasteiger charge is 1.89. The summed E-state index contributed by atoms with van der Waals surface area (Å²) in [6, 6.07) is 1.15. The smallest absolute Gasteiger partial charge is 0.221 e. The van der Waals surface area contributed by atoms with Crippen molar-refractivity contribution in [1.29, 1.82) is 0 Å². The molecule has 0 aliphatic heterocycles. The lowest BCUT2D eigenvalue weighted by atomic mass is 10.7. The quantitative estimate of drug-likeness (QED) is 0.388. The van der Waals surface area contributed by atoms with Crippen LogP contribution in [0, 0.1) is 5.95 Å². The van der Waals surface area contributed by atoms with Crippen LogP contribution in [0.5, 0.6) is 0 Å². The summed E-state index contributed by atoms with van der Waals surface area (Å²) in [5, 5.41) is 0.0463. The molecular formula is C4H2FN2S. The second kappa shape index (κ2) is 2.00. The number of halogens is 1. The van der Waals surface area contributed by atoms with Crippen LogP contribution in [-0.4, -0.2) is 9.97 Å². The molecule has 1 heterocycles. The van der Waals surface area contributed by atoms with Crippen LogP contribution in [0.25, 0.3) is 0 Å². The molecule has 4 heteroatoms. The van der Waals surface area contributed by atoms with Crippen LogP contribution >= 0.6 is 12.6 Å². The van der Waals surface area contributed by atoms with Gasteiger partial charge in [-0.3, -0.25) is 0 Å². The Morgan fingerprint density at radius 1 is 1.62 bits per heavy atom. The SMILES string of the molecule is Fc1ccnc([S])n1. The topological polar surface area (TPSA) is 25.8 Å². The van der Waals surface area contributed by atoms with Gasteiger partial charge in [-0.15, -0.1) is 0 Å².